The van der Waals surface area contributed by atoms with Crippen LogP contribution in [0.25, 0.3) is 5.57 Å². The molecule has 0 amide bonds. The Hall–Kier alpha value is -2.29. The van der Waals surface area contributed by atoms with Crippen molar-refractivity contribution in [3.05, 3.63) is 33.8 Å². The van der Waals surface area contributed by atoms with Crippen LogP contribution in [0.5, 0.6) is 0 Å². The Bertz CT molecular complexity index is 651. The van der Waals surface area contributed by atoms with Crippen molar-refractivity contribution in [2.75, 3.05) is 21.1 Å². The van der Waals surface area contributed by atoms with Gasteiger partial charge in [0.05, 0.1) is 6.20 Å². The predicted octanol–water partition coefficient (Wildman–Crippen LogP) is 0.919. The van der Waals surface area contributed by atoms with E-state index in [0.29, 0.717) is 5.82 Å². The Morgan fingerprint density at radius 2 is 2.30 bits per heavy atom. The first-order valence-electron chi connectivity index (χ1n) is 6.61. The quantitative estimate of drug-likeness (QED) is 0.867. The van der Waals surface area contributed by atoms with E-state index in [1.807, 2.05) is 39.0 Å². The summed E-state index contributed by atoms with van der Waals surface area (Å²) in [5.74, 6) is 1.60. The van der Waals surface area contributed by atoms with E-state index < -0.39 is 0 Å². The maximum atomic E-state index is 12.3. The highest BCUT2D eigenvalue weighted by molar-refractivity contribution is 5.64. The minimum atomic E-state index is -0.253. The van der Waals surface area contributed by atoms with Crippen LogP contribution in [-0.2, 0) is 0 Å². The lowest BCUT2D eigenvalue weighted by Gasteiger charge is -2.29. The van der Waals surface area contributed by atoms with E-state index in [2.05, 4.69) is 10.3 Å². The standard InChI is InChI=1S/C14H19N5O/c1-9-5-6-11(12(16-2)18(3)4)13-17-8-10(7-15)14(20)19(9)13/h8-9,16H,5-6H2,1-4H3/b12-11-. The lowest BCUT2D eigenvalue weighted by molar-refractivity contribution is 0.439. The van der Waals surface area contributed by atoms with Gasteiger partial charge < -0.3 is 10.2 Å². The second kappa shape index (κ2) is 5.37. The smallest absolute Gasteiger partial charge is 0.271 e. The van der Waals surface area contributed by atoms with Crippen molar-refractivity contribution >= 4 is 5.57 Å². The first-order valence-corrected chi connectivity index (χ1v) is 6.61. The molecule has 1 aliphatic rings. The van der Waals surface area contributed by atoms with Gasteiger partial charge in [-0.2, -0.15) is 5.26 Å². The van der Waals surface area contributed by atoms with Gasteiger partial charge in [0.15, 0.2) is 0 Å². The number of allylic oxidation sites excluding steroid dienone is 1. The fraction of sp³-hybridized carbons (Fsp3) is 0.500. The van der Waals surface area contributed by atoms with E-state index in [1.54, 1.807) is 4.57 Å². The first kappa shape index (κ1) is 14.1. The van der Waals surface area contributed by atoms with Crippen molar-refractivity contribution in [3.63, 3.8) is 0 Å². The summed E-state index contributed by atoms with van der Waals surface area (Å²) in [6.45, 7) is 1.99. The number of hydrogen-bond acceptors (Lipinski definition) is 5. The molecule has 0 spiro atoms. The van der Waals surface area contributed by atoms with Gasteiger partial charge in [0.1, 0.15) is 23.3 Å². The second-order valence-electron chi connectivity index (χ2n) is 5.14. The largest absolute Gasteiger partial charge is 0.374 e. The van der Waals surface area contributed by atoms with E-state index in [4.69, 9.17) is 5.26 Å². The van der Waals surface area contributed by atoms with Gasteiger partial charge in [-0.25, -0.2) is 4.98 Å². The maximum Gasteiger partial charge on any atom is 0.271 e. The molecule has 6 nitrogen and oxygen atoms in total. The van der Waals surface area contributed by atoms with Crippen LogP contribution in [0.15, 0.2) is 16.8 Å². The molecule has 0 aromatic carbocycles. The fourth-order valence-corrected chi connectivity index (χ4v) is 2.64. The Morgan fingerprint density at radius 1 is 1.60 bits per heavy atom. The van der Waals surface area contributed by atoms with Crippen molar-refractivity contribution in [1.29, 1.82) is 5.26 Å². The summed E-state index contributed by atoms with van der Waals surface area (Å²) in [7, 11) is 5.75. The Morgan fingerprint density at radius 3 is 2.85 bits per heavy atom. The van der Waals surface area contributed by atoms with Crippen molar-refractivity contribution in [3.8, 4) is 6.07 Å². The normalized spacial score (nSPS) is 19.9. The molecule has 0 saturated heterocycles. The van der Waals surface area contributed by atoms with E-state index in [9.17, 15) is 4.79 Å². The van der Waals surface area contributed by atoms with Crippen LogP contribution >= 0.6 is 0 Å². The van der Waals surface area contributed by atoms with Crippen molar-refractivity contribution < 1.29 is 0 Å². The first-order chi connectivity index (χ1) is 9.51. The average molecular weight is 273 g/mol. The molecule has 1 aromatic heterocycles. The van der Waals surface area contributed by atoms with Crippen LogP contribution in [0.1, 0.15) is 37.2 Å². The zero-order valence-corrected chi connectivity index (χ0v) is 12.3. The Labute approximate surface area is 118 Å². The third-order valence-corrected chi connectivity index (χ3v) is 3.61. The minimum absolute atomic E-state index is 0.0577. The minimum Gasteiger partial charge on any atom is -0.374 e. The molecule has 106 valence electrons. The highest BCUT2D eigenvalue weighted by Gasteiger charge is 2.26. The summed E-state index contributed by atoms with van der Waals surface area (Å²) in [6.07, 6.45) is 3.08. The second-order valence-corrected chi connectivity index (χ2v) is 5.14. The average Bonchev–Trinajstić information content (AvgIpc) is 2.41. The summed E-state index contributed by atoms with van der Waals surface area (Å²) < 4.78 is 1.64. The molecular weight excluding hydrogens is 254 g/mol. The highest BCUT2D eigenvalue weighted by Crippen LogP contribution is 2.31. The monoisotopic (exact) mass is 273 g/mol. The SMILES string of the molecule is CN/C(=C1\CCC(C)n2c1ncc(C#N)c2=O)N(C)C. The number of nitrogens with one attached hydrogen (secondary N) is 1. The van der Waals surface area contributed by atoms with Gasteiger partial charge in [-0.05, 0) is 19.8 Å². The summed E-state index contributed by atoms with van der Waals surface area (Å²) in [4.78, 5) is 18.6. The maximum absolute atomic E-state index is 12.3. The van der Waals surface area contributed by atoms with Crippen LogP contribution in [-0.4, -0.2) is 35.6 Å². The molecular formula is C14H19N5O. The van der Waals surface area contributed by atoms with Crippen molar-refractivity contribution in [2.45, 2.75) is 25.8 Å². The molecule has 6 heteroatoms. The number of nitriles is 1. The molecule has 0 bridgehead atoms. The van der Waals surface area contributed by atoms with Gasteiger partial charge in [-0.1, -0.05) is 0 Å². The number of fused-ring (bicyclic) bond motifs is 1. The van der Waals surface area contributed by atoms with Gasteiger partial charge in [0, 0.05) is 32.8 Å². The van der Waals surface area contributed by atoms with Gasteiger partial charge in [-0.15, -0.1) is 0 Å². The predicted molar refractivity (Wildman–Crippen MR) is 76.8 cm³/mol. The van der Waals surface area contributed by atoms with Crippen LogP contribution in [0.4, 0.5) is 0 Å². The third-order valence-electron chi connectivity index (χ3n) is 3.61. The summed E-state index contributed by atoms with van der Waals surface area (Å²) in [6, 6.07) is 1.97. The molecule has 1 aliphatic heterocycles. The van der Waals surface area contributed by atoms with Crippen LogP contribution in [0.2, 0.25) is 0 Å². The fourth-order valence-electron chi connectivity index (χ4n) is 2.64. The van der Waals surface area contributed by atoms with Gasteiger partial charge in [-0.3, -0.25) is 9.36 Å². The molecule has 2 rings (SSSR count). The lowest BCUT2D eigenvalue weighted by atomic mass is 9.99. The van der Waals surface area contributed by atoms with E-state index in [1.165, 1.54) is 6.20 Å². The molecule has 0 saturated carbocycles. The zero-order chi connectivity index (χ0) is 14.9. The number of hydrogen-bond donors (Lipinski definition) is 1. The molecule has 0 radical (unpaired) electrons. The molecule has 2 heterocycles. The molecule has 0 aliphatic carbocycles. The van der Waals surface area contributed by atoms with E-state index in [-0.39, 0.29) is 17.2 Å². The summed E-state index contributed by atoms with van der Waals surface area (Å²) >= 11 is 0. The van der Waals surface area contributed by atoms with Crippen LogP contribution < -0.4 is 10.9 Å². The van der Waals surface area contributed by atoms with E-state index >= 15 is 0 Å². The molecule has 1 aromatic rings. The summed E-state index contributed by atoms with van der Waals surface area (Å²) in [5, 5.41) is 12.1. The topological polar surface area (TPSA) is 74.0 Å². The molecule has 0 fully saturated rings. The summed E-state index contributed by atoms with van der Waals surface area (Å²) in [5.41, 5.74) is 0.853. The van der Waals surface area contributed by atoms with Crippen molar-refractivity contribution in [2.24, 2.45) is 0 Å². The molecule has 1 N–H and O–H groups in total. The molecule has 1 atom stereocenters. The van der Waals surface area contributed by atoms with Crippen LogP contribution in [0, 0.1) is 11.3 Å². The lowest BCUT2D eigenvalue weighted by Crippen LogP contribution is -2.34. The number of rotatable bonds is 2. The van der Waals surface area contributed by atoms with Gasteiger partial charge >= 0.3 is 0 Å². The molecule has 1 unspecified atom stereocenters. The zero-order valence-electron chi connectivity index (χ0n) is 12.3. The Balaban J connectivity index is 2.74. The number of nitrogens with zero attached hydrogens (tertiary/aromatic N) is 4. The van der Waals surface area contributed by atoms with Crippen molar-refractivity contribution in [1.82, 2.24) is 19.8 Å². The van der Waals surface area contributed by atoms with E-state index in [0.717, 1.165) is 24.2 Å². The van der Waals surface area contributed by atoms with Crippen LogP contribution in [0.3, 0.4) is 0 Å². The molecule has 20 heavy (non-hydrogen) atoms. The van der Waals surface area contributed by atoms with Gasteiger partial charge in [0.2, 0.25) is 0 Å². The van der Waals surface area contributed by atoms with Gasteiger partial charge in [0.25, 0.3) is 5.56 Å². The highest BCUT2D eigenvalue weighted by atomic mass is 16.1. The number of aromatic nitrogens is 2. The Kier molecular flexibility index (Phi) is 3.79. The third kappa shape index (κ3) is 2.16.